The fourth-order valence-corrected chi connectivity index (χ4v) is 3.13. The van der Waals surface area contributed by atoms with Gasteiger partial charge < -0.3 is 9.47 Å². The SMILES string of the molecule is CCC(S)C(S)CCOC(=O)CCCCC(=O)OCCC(S)C(S)CC. The van der Waals surface area contributed by atoms with E-state index in [1.165, 1.54) is 0 Å². The second kappa shape index (κ2) is 16.3. The van der Waals surface area contributed by atoms with Gasteiger partial charge in [0.05, 0.1) is 13.2 Å². The third kappa shape index (κ3) is 13.5. The van der Waals surface area contributed by atoms with Crippen molar-refractivity contribution in [1.82, 2.24) is 0 Å². The van der Waals surface area contributed by atoms with Crippen molar-refractivity contribution in [2.24, 2.45) is 0 Å². The Morgan fingerprint density at radius 2 is 1.04 bits per heavy atom. The molecule has 0 aromatic rings. The van der Waals surface area contributed by atoms with Crippen molar-refractivity contribution in [3.8, 4) is 0 Å². The summed E-state index contributed by atoms with van der Waals surface area (Å²) in [4.78, 5) is 23.3. The Hall–Kier alpha value is 0.340. The van der Waals surface area contributed by atoms with Crippen molar-refractivity contribution in [1.29, 1.82) is 0 Å². The van der Waals surface area contributed by atoms with Gasteiger partial charge in [-0.15, -0.1) is 0 Å². The van der Waals surface area contributed by atoms with E-state index < -0.39 is 0 Å². The van der Waals surface area contributed by atoms with Gasteiger partial charge in [-0.05, 0) is 38.5 Å². The molecular weight excluding hydrogens is 408 g/mol. The van der Waals surface area contributed by atoms with Crippen LogP contribution < -0.4 is 0 Å². The van der Waals surface area contributed by atoms with E-state index in [4.69, 9.17) is 9.47 Å². The summed E-state index contributed by atoms with van der Waals surface area (Å²) in [7, 11) is 0. The molecule has 0 amide bonds. The normalized spacial score (nSPS) is 15.8. The van der Waals surface area contributed by atoms with Crippen molar-refractivity contribution in [2.45, 2.75) is 86.2 Å². The average molecular weight is 443 g/mol. The minimum atomic E-state index is -0.233. The molecule has 0 spiro atoms. The van der Waals surface area contributed by atoms with Crippen LogP contribution in [0.15, 0.2) is 0 Å². The summed E-state index contributed by atoms with van der Waals surface area (Å²) in [5, 5.41) is 0.666. The van der Waals surface area contributed by atoms with Gasteiger partial charge >= 0.3 is 11.9 Å². The maximum absolute atomic E-state index is 11.6. The molecule has 0 N–H and O–H groups in total. The fraction of sp³-hybridized carbons (Fsp3) is 0.889. The van der Waals surface area contributed by atoms with Crippen molar-refractivity contribution in [2.75, 3.05) is 13.2 Å². The Kier molecular flexibility index (Phi) is 16.5. The second-order valence-electron chi connectivity index (χ2n) is 6.31. The summed E-state index contributed by atoms with van der Waals surface area (Å²) in [6.45, 7) is 4.83. The van der Waals surface area contributed by atoms with E-state index in [0.29, 0.717) is 51.7 Å². The molecule has 4 unspecified atom stereocenters. The van der Waals surface area contributed by atoms with Gasteiger partial charge in [0.1, 0.15) is 0 Å². The zero-order valence-corrected chi connectivity index (χ0v) is 19.4. The van der Waals surface area contributed by atoms with Gasteiger partial charge in [0, 0.05) is 33.8 Å². The summed E-state index contributed by atoms with van der Waals surface area (Å²) >= 11 is 17.7. The molecule has 4 atom stereocenters. The van der Waals surface area contributed by atoms with Crippen molar-refractivity contribution >= 4 is 62.5 Å². The van der Waals surface area contributed by atoms with E-state index in [1.54, 1.807) is 0 Å². The molecule has 0 aliphatic heterocycles. The van der Waals surface area contributed by atoms with E-state index in [9.17, 15) is 9.59 Å². The number of hydrogen-bond acceptors (Lipinski definition) is 8. The van der Waals surface area contributed by atoms with Gasteiger partial charge in [0.2, 0.25) is 0 Å². The fourth-order valence-electron chi connectivity index (χ4n) is 2.20. The Bertz CT molecular complexity index is 359. The summed E-state index contributed by atoms with van der Waals surface area (Å²) in [6, 6.07) is 0. The van der Waals surface area contributed by atoms with Crippen molar-refractivity contribution in [3.05, 3.63) is 0 Å². The van der Waals surface area contributed by atoms with Crippen LogP contribution in [0.25, 0.3) is 0 Å². The first-order chi connectivity index (χ1) is 12.3. The Morgan fingerprint density at radius 3 is 1.35 bits per heavy atom. The van der Waals surface area contributed by atoms with Gasteiger partial charge in [-0.25, -0.2) is 0 Å². The molecule has 0 saturated heterocycles. The Labute approximate surface area is 180 Å². The lowest BCUT2D eigenvalue weighted by Gasteiger charge is -2.16. The lowest BCUT2D eigenvalue weighted by Crippen LogP contribution is -2.18. The molecule has 0 aromatic carbocycles. The number of ether oxygens (including phenoxy) is 2. The molecule has 0 saturated carbocycles. The minimum absolute atomic E-state index is 0.123. The zero-order valence-electron chi connectivity index (χ0n) is 15.8. The van der Waals surface area contributed by atoms with Crippen LogP contribution in [0.1, 0.15) is 65.2 Å². The second-order valence-corrected chi connectivity index (χ2v) is 8.96. The predicted molar refractivity (Wildman–Crippen MR) is 121 cm³/mol. The Morgan fingerprint density at radius 1 is 0.692 bits per heavy atom. The smallest absolute Gasteiger partial charge is 0.305 e. The molecule has 0 radical (unpaired) electrons. The molecule has 154 valence electrons. The average Bonchev–Trinajstić information content (AvgIpc) is 2.63. The molecule has 0 rings (SSSR count). The molecular formula is C18H34O4S4. The van der Waals surface area contributed by atoms with Crippen LogP contribution in [0.2, 0.25) is 0 Å². The van der Waals surface area contributed by atoms with Crippen LogP contribution >= 0.6 is 50.5 Å². The highest BCUT2D eigenvalue weighted by atomic mass is 32.1. The van der Waals surface area contributed by atoms with Crippen LogP contribution in [0.4, 0.5) is 0 Å². The maximum atomic E-state index is 11.6. The molecule has 0 fully saturated rings. The van der Waals surface area contributed by atoms with Gasteiger partial charge in [-0.2, -0.15) is 50.5 Å². The van der Waals surface area contributed by atoms with E-state index in [-0.39, 0.29) is 32.9 Å². The number of rotatable bonds is 15. The topological polar surface area (TPSA) is 52.6 Å². The highest BCUT2D eigenvalue weighted by molar-refractivity contribution is 7.85. The van der Waals surface area contributed by atoms with Crippen LogP contribution in [0, 0.1) is 0 Å². The first-order valence-corrected chi connectivity index (χ1v) is 11.4. The van der Waals surface area contributed by atoms with Crippen LogP contribution in [-0.2, 0) is 19.1 Å². The minimum Gasteiger partial charge on any atom is -0.466 e. The maximum Gasteiger partial charge on any atom is 0.305 e. The first-order valence-electron chi connectivity index (χ1n) is 9.35. The summed E-state index contributed by atoms with van der Waals surface area (Å²) in [6.07, 6.45) is 5.13. The molecule has 0 heterocycles. The Balaban J connectivity index is 3.63. The third-order valence-corrected chi connectivity index (χ3v) is 7.25. The number of hydrogen-bond donors (Lipinski definition) is 4. The highest BCUT2D eigenvalue weighted by Gasteiger charge is 2.14. The number of esters is 2. The largest absolute Gasteiger partial charge is 0.466 e. The molecule has 0 bridgehead atoms. The predicted octanol–water partition coefficient (Wildman–Crippen LogP) is 4.43. The lowest BCUT2D eigenvalue weighted by molar-refractivity contribution is -0.146. The number of carbonyl (C=O) groups is 2. The number of carbonyl (C=O) groups excluding carboxylic acids is 2. The summed E-state index contributed by atoms with van der Waals surface area (Å²) < 4.78 is 10.4. The van der Waals surface area contributed by atoms with Gasteiger partial charge in [0.25, 0.3) is 0 Å². The van der Waals surface area contributed by atoms with E-state index in [2.05, 4.69) is 64.4 Å². The van der Waals surface area contributed by atoms with Gasteiger partial charge in [-0.1, -0.05) is 13.8 Å². The molecule has 4 nitrogen and oxygen atoms in total. The molecule has 8 heteroatoms. The van der Waals surface area contributed by atoms with Crippen LogP contribution in [0.5, 0.6) is 0 Å². The molecule has 0 aromatic heterocycles. The molecule has 0 aliphatic carbocycles. The quantitative estimate of drug-likeness (QED) is 0.172. The van der Waals surface area contributed by atoms with Crippen LogP contribution in [-0.4, -0.2) is 46.2 Å². The van der Waals surface area contributed by atoms with Crippen LogP contribution in [0.3, 0.4) is 0 Å². The van der Waals surface area contributed by atoms with E-state index in [1.807, 2.05) is 0 Å². The lowest BCUT2D eigenvalue weighted by atomic mass is 10.2. The zero-order chi connectivity index (χ0) is 19.9. The standard InChI is InChI=1S/C18H34O4S4/c1-3-13(23)15(25)9-11-21-17(19)7-5-6-8-18(20)22-12-10-16(26)14(24)4-2/h13-16,23-26H,3-12H2,1-2H3. The van der Waals surface area contributed by atoms with Crippen molar-refractivity contribution in [3.63, 3.8) is 0 Å². The summed E-state index contributed by atoms with van der Waals surface area (Å²) in [5.74, 6) is -0.466. The molecule has 26 heavy (non-hydrogen) atoms. The van der Waals surface area contributed by atoms with E-state index >= 15 is 0 Å². The number of thiol groups is 4. The monoisotopic (exact) mass is 442 g/mol. The number of unbranched alkanes of at least 4 members (excludes halogenated alkanes) is 1. The van der Waals surface area contributed by atoms with Crippen molar-refractivity contribution < 1.29 is 19.1 Å². The highest BCUT2D eigenvalue weighted by Crippen LogP contribution is 2.17. The third-order valence-electron chi connectivity index (χ3n) is 4.09. The first kappa shape index (κ1) is 26.3. The van der Waals surface area contributed by atoms with Gasteiger partial charge in [0.15, 0.2) is 0 Å². The molecule has 0 aliphatic rings. The van der Waals surface area contributed by atoms with E-state index in [0.717, 1.165) is 12.8 Å². The summed E-state index contributed by atoms with van der Waals surface area (Å²) in [5.41, 5.74) is 0. The van der Waals surface area contributed by atoms with Gasteiger partial charge in [-0.3, -0.25) is 9.59 Å².